The van der Waals surface area contributed by atoms with Crippen LogP contribution in [0.2, 0.25) is 0 Å². The second kappa shape index (κ2) is 7.12. The molecule has 0 aliphatic carbocycles. The van der Waals surface area contributed by atoms with E-state index in [2.05, 4.69) is 36.0 Å². The van der Waals surface area contributed by atoms with E-state index in [1.54, 1.807) is 13.3 Å². The van der Waals surface area contributed by atoms with Crippen molar-refractivity contribution in [2.45, 2.75) is 33.2 Å². The van der Waals surface area contributed by atoms with E-state index in [0.717, 1.165) is 28.8 Å². The van der Waals surface area contributed by atoms with Crippen LogP contribution in [0.3, 0.4) is 0 Å². The number of hydrogen-bond donors (Lipinski definition) is 1. The smallest absolute Gasteiger partial charge is 0.343 e. The number of nitrogens with one attached hydrogen (secondary N) is 1. The zero-order chi connectivity index (χ0) is 21.6. The number of H-pyrrole nitrogens is 1. The predicted octanol–water partition coefficient (Wildman–Crippen LogP) is 3.24. The van der Waals surface area contributed by atoms with Crippen LogP contribution in [-0.4, -0.2) is 39.9 Å². The van der Waals surface area contributed by atoms with Gasteiger partial charge in [-0.2, -0.15) is 5.10 Å². The van der Waals surface area contributed by atoms with Gasteiger partial charge in [-0.25, -0.2) is 9.78 Å². The first kappa shape index (κ1) is 19.9. The number of hydrogen-bond acceptors (Lipinski definition) is 6. The fourth-order valence-corrected chi connectivity index (χ4v) is 4.03. The molecule has 0 amide bonds. The summed E-state index contributed by atoms with van der Waals surface area (Å²) in [4.78, 5) is 29.1. The minimum atomic E-state index is -0.633. The van der Waals surface area contributed by atoms with Gasteiger partial charge in [0.25, 0.3) is 0 Å². The van der Waals surface area contributed by atoms with Crippen LogP contribution in [0.15, 0.2) is 35.5 Å². The normalized spacial score (nSPS) is 15.3. The third-order valence-electron chi connectivity index (χ3n) is 5.59. The lowest BCUT2D eigenvalue weighted by Gasteiger charge is -2.39. The first-order valence-electron chi connectivity index (χ1n) is 9.66. The molecule has 8 heteroatoms. The number of aromatic nitrogens is 4. The van der Waals surface area contributed by atoms with Gasteiger partial charge in [-0.15, -0.1) is 0 Å². The van der Waals surface area contributed by atoms with E-state index in [9.17, 15) is 9.59 Å². The van der Waals surface area contributed by atoms with Crippen molar-refractivity contribution < 1.29 is 14.3 Å². The Hall–Kier alpha value is -3.42. The molecule has 1 aromatic carbocycles. The number of rotatable bonds is 3. The Kier molecular flexibility index (Phi) is 4.72. The molecule has 0 spiro atoms. The molecule has 0 saturated heterocycles. The molecule has 0 fully saturated rings. The Morgan fingerprint density at radius 3 is 2.57 bits per heavy atom. The van der Waals surface area contributed by atoms with E-state index in [4.69, 9.17) is 9.47 Å². The zero-order valence-corrected chi connectivity index (χ0v) is 17.6. The maximum atomic E-state index is 12.7. The Morgan fingerprint density at radius 2 is 1.97 bits per heavy atom. The molecule has 4 rings (SSSR count). The highest BCUT2D eigenvalue weighted by Gasteiger charge is 2.34. The standard InChI is InChI=1S/C22H24N4O4/c1-22(2,3)19-7-12-6-14(20-23-11-24-25-20)18(29-4)8-13(12)16-9-17(27)15(10-26(16)19)21(28)30-5/h6,8-11,19H,7H2,1-5H3,(H,23,24,25). The summed E-state index contributed by atoms with van der Waals surface area (Å²) in [6, 6.07) is 5.47. The Morgan fingerprint density at radius 1 is 1.20 bits per heavy atom. The maximum Gasteiger partial charge on any atom is 0.343 e. The van der Waals surface area contributed by atoms with Crippen LogP contribution in [0.4, 0.5) is 0 Å². The average Bonchev–Trinajstić information content (AvgIpc) is 3.25. The summed E-state index contributed by atoms with van der Waals surface area (Å²) >= 11 is 0. The van der Waals surface area contributed by atoms with Crippen LogP contribution >= 0.6 is 0 Å². The van der Waals surface area contributed by atoms with E-state index in [0.29, 0.717) is 11.6 Å². The molecule has 0 bridgehead atoms. The van der Waals surface area contributed by atoms with Gasteiger partial charge in [0.05, 0.1) is 25.5 Å². The number of methoxy groups -OCH3 is 2. The van der Waals surface area contributed by atoms with E-state index in [-0.39, 0.29) is 22.4 Å². The van der Waals surface area contributed by atoms with E-state index < -0.39 is 5.97 Å². The summed E-state index contributed by atoms with van der Waals surface area (Å²) in [6.45, 7) is 6.42. The Bertz CT molecular complexity index is 1170. The summed E-state index contributed by atoms with van der Waals surface area (Å²) in [5.41, 5.74) is 3.02. The van der Waals surface area contributed by atoms with Crippen molar-refractivity contribution in [3.8, 4) is 28.4 Å². The number of benzene rings is 1. The van der Waals surface area contributed by atoms with Gasteiger partial charge >= 0.3 is 5.97 Å². The van der Waals surface area contributed by atoms with Crippen LogP contribution in [0.5, 0.6) is 5.75 Å². The van der Waals surface area contributed by atoms with Gasteiger partial charge < -0.3 is 14.0 Å². The summed E-state index contributed by atoms with van der Waals surface area (Å²) in [6.07, 6.45) is 3.87. The molecule has 1 N–H and O–H groups in total. The third kappa shape index (κ3) is 3.18. The fraction of sp³-hybridized carbons (Fsp3) is 0.364. The molecule has 8 nitrogen and oxygen atoms in total. The number of aromatic amines is 1. The van der Waals surface area contributed by atoms with Crippen LogP contribution < -0.4 is 10.2 Å². The minimum Gasteiger partial charge on any atom is -0.496 e. The number of carbonyl (C=O) groups excluding carboxylic acids is 1. The molecular formula is C22H24N4O4. The summed E-state index contributed by atoms with van der Waals surface area (Å²) < 4.78 is 12.4. The molecule has 3 heterocycles. The van der Waals surface area contributed by atoms with Gasteiger partial charge in [0.2, 0.25) is 0 Å². The molecule has 1 aliphatic heterocycles. The Balaban J connectivity index is 1.99. The predicted molar refractivity (Wildman–Crippen MR) is 112 cm³/mol. The first-order valence-corrected chi connectivity index (χ1v) is 9.66. The lowest BCUT2D eigenvalue weighted by atomic mass is 9.78. The summed E-state index contributed by atoms with van der Waals surface area (Å²) in [5.74, 6) is 0.524. The number of esters is 1. The topological polar surface area (TPSA) is 99.1 Å². The van der Waals surface area contributed by atoms with Gasteiger partial charge in [-0.05, 0) is 29.5 Å². The van der Waals surface area contributed by atoms with Crippen molar-refractivity contribution in [2.24, 2.45) is 5.41 Å². The lowest BCUT2D eigenvalue weighted by molar-refractivity contribution is 0.0597. The van der Waals surface area contributed by atoms with Crippen molar-refractivity contribution >= 4 is 5.97 Å². The fourth-order valence-electron chi connectivity index (χ4n) is 4.03. The average molecular weight is 408 g/mol. The SMILES string of the molecule is COC(=O)c1cn2c(cc1=O)-c1cc(OC)c(-c3nc[nH]n3)cc1CC2C(C)(C)C. The zero-order valence-electron chi connectivity index (χ0n) is 17.6. The van der Waals surface area contributed by atoms with Gasteiger partial charge in [0.1, 0.15) is 17.6 Å². The van der Waals surface area contributed by atoms with Crippen molar-refractivity contribution in [2.75, 3.05) is 14.2 Å². The Labute approximate surface area is 173 Å². The third-order valence-corrected chi connectivity index (χ3v) is 5.59. The largest absolute Gasteiger partial charge is 0.496 e. The molecule has 2 aromatic heterocycles. The van der Waals surface area contributed by atoms with E-state index in [1.165, 1.54) is 19.5 Å². The molecule has 156 valence electrons. The molecular weight excluding hydrogens is 384 g/mol. The number of nitrogens with zero attached hydrogens (tertiary/aromatic N) is 3. The summed E-state index contributed by atoms with van der Waals surface area (Å²) in [5, 5.41) is 6.92. The second-order valence-electron chi connectivity index (χ2n) is 8.45. The summed E-state index contributed by atoms with van der Waals surface area (Å²) in [7, 11) is 2.87. The lowest BCUT2D eigenvalue weighted by Crippen LogP contribution is -2.33. The highest BCUT2D eigenvalue weighted by molar-refractivity contribution is 5.89. The van der Waals surface area contributed by atoms with Crippen molar-refractivity contribution in [3.63, 3.8) is 0 Å². The van der Waals surface area contributed by atoms with Crippen molar-refractivity contribution in [3.05, 3.63) is 52.1 Å². The monoisotopic (exact) mass is 408 g/mol. The van der Waals surface area contributed by atoms with Crippen molar-refractivity contribution in [1.29, 1.82) is 0 Å². The first-order chi connectivity index (χ1) is 14.2. The second-order valence-corrected chi connectivity index (χ2v) is 8.45. The van der Waals surface area contributed by atoms with Gasteiger partial charge in [-0.3, -0.25) is 9.89 Å². The highest BCUT2D eigenvalue weighted by atomic mass is 16.5. The van der Waals surface area contributed by atoms with Crippen LogP contribution in [0.25, 0.3) is 22.6 Å². The molecule has 1 unspecified atom stereocenters. The number of ether oxygens (including phenoxy) is 2. The van der Waals surface area contributed by atoms with Crippen LogP contribution in [0, 0.1) is 5.41 Å². The maximum absolute atomic E-state index is 12.7. The quantitative estimate of drug-likeness (QED) is 0.668. The molecule has 0 saturated carbocycles. The molecule has 3 aromatic rings. The number of carbonyl (C=O) groups is 1. The van der Waals surface area contributed by atoms with Gasteiger partial charge in [-0.1, -0.05) is 20.8 Å². The molecule has 30 heavy (non-hydrogen) atoms. The van der Waals surface area contributed by atoms with Crippen LogP contribution in [0.1, 0.15) is 42.7 Å². The van der Waals surface area contributed by atoms with Gasteiger partial charge in [0, 0.05) is 23.9 Å². The van der Waals surface area contributed by atoms with E-state index >= 15 is 0 Å². The van der Waals surface area contributed by atoms with Crippen molar-refractivity contribution in [1.82, 2.24) is 19.7 Å². The minimum absolute atomic E-state index is 0.0254. The highest BCUT2D eigenvalue weighted by Crippen LogP contribution is 2.45. The number of pyridine rings is 1. The number of fused-ring (bicyclic) bond motifs is 3. The van der Waals surface area contributed by atoms with Crippen LogP contribution in [-0.2, 0) is 11.2 Å². The molecule has 1 atom stereocenters. The molecule has 1 aliphatic rings. The van der Waals surface area contributed by atoms with Gasteiger partial charge in [0.15, 0.2) is 11.3 Å². The van der Waals surface area contributed by atoms with E-state index in [1.807, 2.05) is 16.7 Å². The molecule has 0 radical (unpaired) electrons.